The molecular formula is C8H12N. The van der Waals surface area contributed by atoms with E-state index < -0.39 is 0 Å². The second-order valence-corrected chi connectivity index (χ2v) is 2.53. The van der Waals surface area contributed by atoms with Crippen LogP contribution < -0.4 is 0 Å². The van der Waals surface area contributed by atoms with Crippen LogP contribution in [0.15, 0.2) is 18.5 Å². The van der Waals surface area contributed by atoms with Crippen molar-refractivity contribution in [2.45, 2.75) is 13.3 Å². The van der Waals surface area contributed by atoms with E-state index in [0.717, 1.165) is 6.42 Å². The van der Waals surface area contributed by atoms with Gasteiger partial charge in [-0.15, -0.1) is 0 Å². The van der Waals surface area contributed by atoms with E-state index >= 15 is 0 Å². The summed E-state index contributed by atoms with van der Waals surface area (Å²) in [5.41, 5.74) is 1.34. The summed E-state index contributed by atoms with van der Waals surface area (Å²) in [4.78, 5) is 3.01. The van der Waals surface area contributed by atoms with E-state index in [1.165, 1.54) is 5.56 Å². The fourth-order valence-corrected chi connectivity index (χ4v) is 0.888. The summed E-state index contributed by atoms with van der Waals surface area (Å²) in [5.74, 6) is 0.515. The molecular weight excluding hydrogens is 110 g/mol. The predicted molar refractivity (Wildman–Crippen MR) is 39.0 cm³/mol. The van der Waals surface area contributed by atoms with E-state index in [1.807, 2.05) is 12.4 Å². The fraction of sp³-hybridized carbons (Fsp3) is 0.375. The van der Waals surface area contributed by atoms with Crippen molar-refractivity contribution in [3.8, 4) is 0 Å². The zero-order valence-electron chi connectivity index (χ0n) is 5.72. The maximum Gasteiger partial charge on any atom is 0.00374 e. The van der Waals surface area contributed by atoms with Crippen molar-refractivity contribution in [2.24, 2.45) is 5.92 Å². The summed E-state index contributed by atoms with van der Waals surface area (Å²) in [6, 6.07) is 2.08. The molecule has 1 rings (SSSR count). The molecule has 0 aromatic carbocycles. The maximum atomic E-state index is 3.90. The molecule has 0 amide bonds. The van der Waals surface area contributed by atoms with Gasteiger partial charge in [0.25, 0.3) is 0 Å². The minimum Gasteiger partial charge on any atom is -0.367 e. The lowest BCUT2D eigenvalue weighted by Crippen LogP contribution is -1.91. The monoisotopic (exact) mass is 122 g/mol. The van der Waals surface area contributed by atoms with Crippen LogP contribution in [0.1, 0.15) is 12.5 Å². The average Bonchev–Trinajstić information content (AvgIpc) is 2.15. The van der Waals surface area contributed by atoms with E-state index in [0.29, 0.717) is 5.92 Å². The Balaban J connectivity index is 2.48. The normalized spacial score (nSPS) is 10.6. The van der Waals surface area contributed by atoms with Gasteiger partial charge in [0.2, 0.25) is 0 Å². The van der Waals surface area contributed by atoms with Gasteiger partial charge in [-0.2, -0.15) is 0 Å². The summed E-state index contributed by atoms with van der Waals surface area (Å²) in [6.45, 7) is 6.02. The Morgan fingerprint density at radius 1 is 1.78 bits per heavy atom. The van der Waals surface area contributed by atoms with Crippen molar-refractivity contribution in [1.29, 1.82) is 0 Å². The van der Waals surface area contributed by atoms with Gasteiger partial charge in [-0.1, -0.05) is 13.8 Å². The minimum absolute atomic E-state index is 0.515. The summed E-state index contributed by atoms with van der Waals surface area (Å²) in [5, 5.41) is 0. The third-order valence-electron chi connectivity index (χ3n) is 1.25. The summed E-state index contributed by atoms with van der Waals surface area (Å²) in [6.07, 6.45) is 5.03. The van der Waals surface area contributed by atoms with Crippen molar-refractivity contribution < 1.29 is 0 Å². The zero-order chi connectivity index (χ0) is 6.69. The SMILES string of the molecule is [CH2]C(C)Cc1cc[nH]c1. The van der Waals surface area contributed by atoms with Crippen molar-refractivity contribution in [1.82, 2.24) is 4.98 Å². The molecule has 0 aliphatic carbocycles. The molecule has 0 bridgehead atoms. The molecule has 1 nitrogen and oxygen atoms in total. The molecule has 0 fully saturated rings. The Labute approximate surface area is 56.1 Å². The molecule has 49 valence electrons. The molecule has 1 atom stereocenters. The van der Waals surface area contributed by atoms with Crippen LogP contribution in [-0.2, 0) is 6.42 Å². The Morgan fingerprint density at radius 3 is 3.00 bits per heavy atom. The van der Waals surface area contributed by atoms with Gasteiger partial charge >= 0.3 is 0 Å². The second kappa shape index (κ2) is 2.72. The molecule has 0 saturated heterocycles. The Kier molecular flexibility index (Phi) is 1.93. The second-order valence-electron chi connectivity index (χ2n) is 2.53. The topological polar surface area (TPSA) is 15.8 Å². The highest BCUT2D eigenvalue weighted by molar-refractivity contribution is 5.08. The summed E-state index contributed by atoms with van der Waals surface area (Å²) >= 11 is 0. The number of H-pyrrole nitrogens is 1. The van der Waals surface area contributed by atoms with Crippen molar-refractivity contribution in [3.05, 3.63) is 30.9 Å². The molecule has 1 N–H and O–H groups in total. The van der Waals surface area contributed by atoms with Crippen LogP contribution in [0, 0.1) is 12.8 Å². The van der Waals surface area contributed by atoms with Crippen LogP contribution in [0.3, 0.4) is 0 Å². The molecule has 0 spiro atoms. The number of aromatic amines is 1. The lowest BCUT2D eigenvalue weighted by molar-refractivity contribution is 0.720. The Hall–Kier alpha value is -0.720. The quantitative estimate of drug-likeness (QED) is 0.617. The van der Waals surface area contributed by atoms with Gasteiger partial charge in [-0.3, -0.25) is 0 Å². The fourth-order valence-electron chi connectivity index (χ4n) is 0.888. The zero-order valence-corrected chi connectivity index (χ0v) is 5.72. The Bertz CT molecular complexity index is 151. The van der Waals surface area contributed by atoms with Gasteiger partial charge in [-0.25, -0.2) is 0 Å². The van der Waals surface area contributed by atoms with E-state index in [4.69, 9.17) is 0 Å². The van der Waals surface area contributed by atoms with E-state index in [9.17, 15) is 0 Å². The lowest BCUT2D eigenvalue weighted by Gasteiger charge is -1.98. The number of rotatable bonds is 2. The minimum atomic E-state index is 0.515. The number of hydrogen-bond acceptors (Lipinski definition) is 0. The molecule has 0 aliphatic heterocycles. The van der Waals surface area contributed by atoms with Crippen LogP contribution in [0.5, 0.6) is 0 Å². The molecule has 1 heteroatoms. The third-order valence-corrected chi connectivity index (χ3v) is 1.25. The number of aromatic nitrogens is 1. The number of hydrogen-bond donors (Lipinski definition) is 1. The molecule has 1 aromatic rings. The highest BCUT2D eigenvalue weighted by Gasteiger charge is 1.95. The first kappa shape index (κ1) is 6.40. The van der Waals surface area contributed by atoms with Crippen LogP contribution in [0.25, 0.3) is 0 Å². The number of nitrogens with one attached hydrogen (secondary N) is 1. The van der Waals surface area contributed by atoms with E-state index in [1.54, 1.807) is 0 Å². The van der Waals surface area contributed by atoms with Crippen LogP contribution >= 0.6 is 0 Å². The molecule has 1 aromatic heterocycles. The van der Waals surface area contributed by atoms with Gasteiger partial charge in [0.1, 0.15) is 0 Å². The highest BCUT2D eigenvalue weighted by Crippen LogP contribution is 2.04. The van der Waals surface area contributed by atoms with Crippen molar-refractivity contribution in [3.63, 3.8) is 0 Å². The maximum absolute atomic E-state index is 3.90. The molecule has 9 heavy (non-hydrogen) atoms. The van der Waals surface area contributed by atoms with Gasteiger partial charge < -0.3 is 4.98 Å². The van der Waals surface area contributed by atoms with Gasteiger partial charge in [0.15, 0.2) is 0 Å². The third kappa shape index (κ3) is 1.92. The van der Waals surface area contributed by atoms with Crippen molar-refractivity contribution in [2.75, 3.05) is 0 Å². The summed E-state index contributed by atoms with van der Waals surface area (Å²) < 4.78 is 0. The van der Waals surface area contributed by atoms with Gasteiger partial charge in [-0.05, 0) is 24.0 Å². The van der Waals surface area contributed by atoms with Gasteiger partial charge in [0.05, 0.1) is 0 Å². The predicted octanol–water partition coefficient (Wildman–Crippen LogP) is 2.03. The van der Waals surface area contributed by atoms with Crippen LogP contribution in [0.2, 0.25) is 0 Å². The first-order chi connectivity index (χ1) is 4.29. The average molecular weight is 122 g/mol. The Morgan fingerprint density at radius 2 is 2.56 bits per heavy atom. The smallest absolute Gasteiger partial charge is 0.00374 e. The lowest BCUT2D eigenvalue weighted by atomic mass is 10.1. The first-order valence-corrected chi connectivity index (χ1v) is 3.24. The van der Waals surface area contributed by atoms with Crippen LogP contribution in [0.4, 0.5) is 0 Å². The standard InChI is InChI=1S/C8H12N/c1-7(2)5-8-3-4-9-6-8/h3-4,6-7,9H,1,5H2,2H3. The highest BCUT2D eigenvalue weighted by atomic mass is 14.6. The molecule has 1 unspecified atom stereocenters. The summed E-state index contributed by atoms with van der Waals surface area (Å²) in [7, 11) is 0. The first-order valence-electron chi connectivity index (χ1n) is 3.24. The molecule has 0 saturated carbocycles. The van der Waals surface area contributed by atoms with E-state index in [-0.39, 0.29) is 0 Å². The largest absolute Gasteiger partial charge is 0.367 e. The molecule has 1 radical (unpaired) electrons. The molecule has 1 heterocycles. The van der Waals surface area contributed by atoms with Crippen LogP contribution in [-0.4, -0.2) is 4.98 Å². The molecule has 0 aliphatic rings. The van der Waals surface area contributed by atoms with Gasteiger partial charge in [0, 0.05) is 12.4 Å². The van der Waals surface area contributed by atoms with E-state index in [2.05, 4.69) is 24.9 Å². The van der Waals surface area contributed by atoms with Crippen molar-refractivity contribution >= 4 is 0 Å².